The van der Waals surface area contributed by atoms with Gasteiger partial charge in [0.2, 0.25) is 5.95 Å². The molecule has 0 spiro atoms. The second-order valence-corrected chi connectivity index (χ2v) is 4.09. The zero-order valence-electron chi connectivity index (χ0n) is 9.93. The van der Waals surface area contributed by atoms with Crippen LogP contribution in [0.4, 0.5) is 5.95 Å². The Morgan fingerprint density at radius 3 is 2.65 bits per heavy atom. The van der Waals surface area contributed by atoms with Crippen LogP contribution in [0.15, 0.2) is 12.4 Å². The van der Waals surface area contributed by atoms with Crippen molar-refractivity contribution in [3.63, 3.8) is 0 Å². The third-order valence-electron chi connectivity index (χ3n) is 2.75. The molecule has 2 atom stereocenters. The van der Waals surface area contributed by atoms with E-state index >= 15 is 0 Å². The predicted molar refractivity (Wildman–Crippen MR) is 69.7 cm³/mol. The van der Waals surface area contributed by atoms with Gasteiger partial charge in [-0.15, -0.1) is 12.4 Å². The van der Waals surface area contributed by atoms with Gasteiger partial charge in [-0.3, -0.25) is 0 Å². The Kier molecular flexibility index (Phi) is 5.44. The molecule has 1 fully saturated rings. The summed E-state index contributed by atoms with van der Waals surface area (Å²) in [5.41, 5.74) is 5.84. The molecule has 96 valence electrons. The van der Waals surface area contributed by atoms with Crippen LogP contribution in [0, 0.1) is 0 Å². The number of rotatable bonds is 4. The highest BCUT2D eigenvalue weighted by atomic mass is 35.5. The molecule has 1 aliphatic rings. The molecule has 1 aliphatic carbocycles. The number of nitrogens with one attached hydrogen (secondary N) is 1. The Labute approximate surface area is 108 Å². The molecule has 2 rings (SSSR count). The molecule has 1 heterocycles. The maximum absolute atomic E-state index is 5.84. The van der Waals surface area contributed by atoms with E-state index in [0.29, 0.717) is 30.4 Å². The van der Waals surface area contributed by atoms with Crippen molar-refractivity contribution in [3.8, 4) is 5.75 Å². The van der Waals surface area contributed by atoms with Gasteiger partial charge in [-0.05, 0) is 26.2 Å². The van der Waals surface area contributed by atoms with Gasteiger partial charge >= 0.3 is 0 Å². The third-order valence-corrected chi connectivity index (χ3v) is 2.75. The van der Waals surface area contributed by atoms with Crippen LogP contribution in [0.25, 0.3) is 0 Å². The molecule has 5 nitrogen and oxygen atoms in total. The highest BCUT2D eigenvalue weighted by molar-refractivity contribution is 5.85. The number of ether oxygens (including phenoxy) is 1. The Morgan fingerprint density at radius 2 is 2.12 bits per heavy atom. The molecule has 3 N–H and O–H groups in total. The number of hydrogen-bond acceptors (Lipinski definition) is 5. The van der Waals surface area contributed by atoms with Crippen molar-refractivity contribution in [2.45, 2.75) is 38.3 Å². The molecule has 1 aromatic rings. The van der Waals surface area contributed by atoms with Crippen LogP contribution >= 0.6 is 12.4 Å². The van der Waals surface area contributed by atoms with Crippen molar-refractivity contribution in [1.29, 1.82) is 0 Å². The van der Waals surface area contributed by atoms with Crippen molar-refractivity contribution < 1.29 is 4.74 Å². The lowest BCUT2D eigenvalue weighted by atomic mass is 10.2. The molecule has 0 amide bonds. The maximum Gasteiger partial charge on any atom is 0.223 e. The summed E-state index contributed by atoms with van der Waals surface area (Å²) >= 11 is 0. The molecule has 6 heteroatoms. The lowest BCUT2D eigenvalue weighted by Crippen LogP contribution is -2.21. The number of aromatic nitrogens is 2. The molecule has 0 unspecified atom stereocenters. The van der Waals surface area contributed by atoms with Crippen LogP contribution in [0.2, 0.25) is 0 Å². The number of anilines is 1. The van der Waals surface area contributed by atoms with E-state index in [1.54, 1.807) is 12.4 Å². The maximum atomic E-state index is 5.84. The molecular formula is C11H19ClN4O. The zero-order chi connectivity index (χ0) is 11.4. The van der Waals surface area contributed by atoms with Crippen molar-refractivity contribution in [2.75, 3.05) is 11.9 Å². The largest absolute Gasteiger partial charge is 0.491 e. The topological polar surface area (TPSA) is 73.1 Å². The van der Waals surface area contributed by atoms with Crippen molar-refractivity contribution in [3.05, 3.63) is 12.4 Å². The third kappa shape index (κ3) is 4.02. The lowest BCUT2D eigenvalue weighted by Gasteiger charge is -2.12. The predicted octanol–water partition coefficient (Wildman–Crippen LogP) is 1.59. The Balaban J connectivity index is 0.00000144. The van der Waals surface area contributed by atoms with E-state index in [0.717, 1.165) is 19.3 Å². The first-order chi connectivity index (χ1) is 7.78. The second-order valence-electron chi connectivity index (χ2n) is 4.09. The van der Waals surface area contributed by atoms with Gasteiger partial charge in [-0.1, -0.05) is 0 Å². The van der Waals surface area contributed by atoms with Crippen LogP contribution in [-0.4, -0.2) is 28.7 Å². The van der Waals surface area contributed by atoms with E-state index in [-0.39, 0.29) is 12.4 Å². The van der Waals surface area contributed by atoms with E-state index in [1.807, 2.05) is 6.92 Å². The first-order valence-corrected chi connectivity index (χ1v) is 5.75. The van der Waals surface area contributed by atoms with Crippen LogP contribution in [0.5, 0.6) is 5.75 Å². The van der Waals surface area contributed by atoms with Gasteiger partial charge < -0.3 is 15.8 Å². The van der Waals surface area contributed by atoms with Gasteiger partial charge in [0, 0.05) is 12.1 Å². The van der Waals surface area contributed by atoms with Gasteiger partial charge in [-0.2, -0.15) is 0 Å². The van der Waals surface area contributed by atoms with Crippen molar-refractivity contribution >= 4 is 18.4 Å². The number of hydrogen-bond donors (Lipinski definition) is 2. The highest BCUT2D eigenvalue weighted by Crippen LogP contribution is 2.20. The number of nitrogens with two attached hydrogens (primary N) is 1. The van der Waals surface area contributed by atoms with Crippen LogP contribution in [0.1, 0.15) is 26.2 Å². The van der Waals surface area contributed by atoms with Gasteiger partial charge in [0.25, 0.3) is 0 Å². The molecule has 0 radical (unpaired) electrons. The van der Waals surface area contributed by atoms with Gasteiger partial charge in [0.15, 0.2) is 5.75 Å². The minimum absolute atomic E-state index is 0. The van der Waals surface area contributed by atoms with E-state index < -0.39 is 0 Å². The quantitative estimate of drug-likeness (QED) is 0.858. The molecule has 0 aliphatic heterocycles. The molecule has 0 aromatic carbocycles. The highest BCUT2D eigenvalue weighted by Gasteiger charge is 2.21. The normalized spacial score (nSPS) is 22.9. The van der Waals surface area contributed by atoms with Crippen molar-refractivity contribution in [2.24, 2.45) is 5.73 Å². The standard InChI is InChI=1S/C11H18N4O.ClH/c1-2-16-10-6-13-11(14-7-10)15-9-4-3-8(12)5-9;/h6-9H,2-5,12H2,1H3,(H,13,14,15);1H/t8-,9-;/m0./s1. The Hall–Kier alpha value is -1.07. The number of halogens is 1. The van der Waals surface area contributed by atoms with Gasteiger partial charge in [-0.25, -0.2) is 9.97 Å². The molecule has 1 aromatic heterocycles. The van der Waals surface area contributed by atoms with Gasteiger partial charge in [0.05, 0.1) is 19.0 Å². The van der Waals surface area contributed by atoms with E-state index in [4.69, 9.17) is 10.5 Å². The van der Waals surface area contributed by atoms with Crippen LogP contribution in [0.3, 0.4) is 0 Å². The fourth-order valence-electron chi connectivity index (χ4n) is 1.96. The summed E-state index contributed by atoms with van der Waals surface area (Å²) in [7, 11) is 0. The summed E-state index contributed by atoms with van der Waals surface area (Å²) in [6.45, 7) is 2.57. The number of nitrogens with zero attached hydrogens (tertiary/aromatic N) is 2. The van der Waals surface area contributed by atoms with Crippen LogP contribution < -0.4 is 15.8 Å². The second kappa shape index (κ2) is 6.61. The minimum atomic E-state index is 0. The fourth-order valence-corrected chi connectivity index (χ4v) is 1.96. The SMILES string of the molecule is CCOc1cnc(N[C@H]2CC[C@H](N)C2)nc1.Cl. The first kappa shape index (κ1) is 14.0. The first-order valence-electron chi connectivity index (χ1n) is 5.75. The van der Waals surface area contributed by atoms with Crippen LogP contribution in [-0.2, 0) is 0 Å². The molecule has 0 bridgehead atoms. The summed E-state index contributed by atoms with van der Waals surface area (Å²) < 4.78 is 5.28. The molecular weight excluding hydrogens is 240 g/mol. The Bertz CT molecular complexity index is 333. The average molecular weight is 259 g/mol. The summed E-state index contributed by atoms with van der Waals surface area (Å²) in [5.74, 6) is 1.36. The molecule has 17 heavy (non-hydrogen) atoms. The monoisotopic (exact) mass is 258 g/mol. The summed E-state index contributed by atoms with van der Waals surface area (Å²) in [6.07, 6.45) is 6.55. The average Bonchev–Trinajstić information content (AvgIpc) is 2.67. The smallest absolute Gasteiger partial charge is 0.223 e. The Morgan fingerprint density at radius 1 is 1.41 bits per heavy atom. The lowest BCUT2D eigenvalue weighted by molar-refractivity contribution is 0.337. The molecule has 0 saturated heterocycles. The summed E-state index contributed by atoms with van der Waals surface area (Å²) in [6, 6.07) is 0.730. The zero-order valence-corrected chi connectivity index (χ0v) is 10.7. The van der Waals surface area contributed by atoms with E-state index in [2.05, 4.69) is 15.3 Å². The fraction of sp³-hybridized carbons (Fsp3) is 0.636. The minimum Gasteiger partial charge on any atom is -0.491 e. The summed E-state index contributed by atoms with van der Waals surface area (Å²) in [5, 5.41) is 3.28. The summed E-state index contributed by atoms with van der Waals surface area (Å²) in [4.78, 5) is 8.40. The van der Waals surface area contributed by atoms with Crippen molar-refractivity contribution in [1.82, 2.24) is 9.97 Å². The van der Waals surface area contributed by atoms with Gasteiger partial charge in [0.1, 0.15) is 0 Å². The van der Waals surface area contributed by atoms with E-state index in [9.17, 15) is 0 Å². The van der Waals surface area contributed by atoms with E-state index in [1.165, 1.54) is 0 Å². The molecule has 1 saturated carbocycles.